The number of hydrogen-bond donors (Lipinski definition) is 1. The summed E-state index contributed by atoms with van der Waals surface area (Å²) in [5, 5.41) is 7.46. The molecule has 0 atom stereocenters. The minimum absolute atomic E-state index is 0.222. The fourth-order valence-corrected chi connectivity index (χ4v) is 2.17. The van der Waals surface area contributed by atoms with Gasteiger partial charge in [0.2, 0.25) is 0 Å². The third kappa shape index (κ3) is 2.03. The molecule has 2 heterocycles. The monoisotopic (exact) mass is 267 g/mol. The maximum atomic E-state index is 11.1. The molecule has 0 saturated carbocycles. The van der Waals surface area contributed by atoms with E-state index in [0.29, 0.717) is 5.69 Å². The Bertz CT molecular complexity index is 820. The molecular weight excluding hydrogens is 254 g/mol. The Balaban J connectivity index is 2.32. The number of fused-ring (bicyclic) bond motifs is 1. The number of ether oxygens (including phenoxy) is 1. The minimum Gasteiger partial charge on any atom is -0.494 e. The molecular formula is C15H13N3O2. The van der Waals surface area contributed by atoms with E-state index in [2.05, 4.69) is 15.2 Å². The van der Waals surface area contributed by atoms with Crippen LogP contribution < -0.4 is 10.3 Å². The molecule has 0 amide bonds. The summed E-state index contributed by atoms with van der Waals surface area (Å²) < 4.78 is 5.35. The van der Waals surface area contributed by atoms with Crippen molar-refractivity contribution in [2.45, 2.75) is 6.92 Å². The van der Waals surface area contributed by atoms with E-state index in [1.165, 1.54) is 6.07 Å². The summed E-state index contributed by atoms with van der Waals surface area (Å²) in [4.78, 5) is 15.6. The van der Waals surface area contributed by atoms with Crippen LogP contribution in [-0.4, -0.2) is 22.3 Å². The van der Waals surface area contributed by atoms with Crippen LogP contribution in [0.5, 0.6) is 5.75 Å². The van der Waals surface area contributed by atoms with Crippen molar-refractivity contribution in [2.24, 2.45) is 0 Å². The van der Waals surface area contributed by atoms with Crippen LogP contribution in [0.4, 0.5) is 0 Å². The van der Waals surface area contributed by atoms with Crippen molar-refractivity contribution in [2.75, 3.05) is 7.11 Å². The lowest BCUT2D eigenvalue weighted by Gasteiger charge is -2.09. The number of benzene rings is 1. The maximum Gasteiger partial charge on any atom is 0.264 e. The Morgan fingerprint density at radius 2 is 1.95 bits per heavy atom. The van der Waals surface area contributed by atoms with Crippen LogP contribution in [0.2, 0.25) is 0 Å². The summed E-state index contributed by atoms with van der Waals surface area (Å²) in [6.07, 6.45) is 0. The van der Waals surface area contributed by atoms with Crippen LogP contribution in [0, 0.1) is 6.92 Å². The normalized spacial score (nSPS) is 10.7. The van der Waals surface area contributed by atoms with Gasteiger partial charge in [-0.15, -0.1) is 0 Å². The summed E-state index contributed by atoms with van der Waals surface area (Å²) in [5.74, 6) is 0.719. The molecule has 1 N–H and O–H groups in total. The molecule has 3 aromatic rings. The molecule has 2 aromatic heterocycles. The smallest absolute Gasteiger partial charge is 0.264 e. The molecule has 0 saturated heterocycles. The highest BCUT2D eigenvalue weighted by Gasteiger charge is 2.10. The molecule has 0 aliphatic rings. The summed E-state index contributed by atoms with van der Waals surface area (Å²) in [5.41, 5.74) is 3.09. The molecule has 5 nitrogen and oxygen atoms in total. The van der Waals surface area contributed by atoms with E-state index >= 15 is 0 Å². The van der Waals surface area contributed by atoms with E-state index < -0.39 is 0 Å². The van der Waals surface area contributed by atoms with Gasteiger partial charge in [0, 0.05) is 22.7 Å². The number of aromatic amines is 1. The Morgan fingerprint density at radius 1 is 1.10 bits per heavy atom. The van der Waals surface area contributed by atoms with Gasteiger partial charge >= 0.3 is 0 Å². The molecule has 20 heavy (non-hydrogen) atoms. The number of H-pyrrole nitrogens is 1. The second kappa shape index (κ2) is 4.77. The van der Waals surface area contributed by atoms with Crippen molar-refractivity contribution in [3.8, 4) is 17.0 Å². The first kappa shape index (κ1) is 12.3. The van der Waals surface area contributed by atoms with Gasteiger partial charge in [-0.05, 0) is 31.2 Å². The Kier molecular flexibility index (Phi) is 2.95. The molecule has 0 aliphatic heterocycles. The summed E-state index contributed by atoms with van der Waals surface area (Å²) in [6.45, 7) is 1.93. The average molecular weight is 267 g/mol. The van der Waals surface area contributed by atoms with Crippen LogP contribution in [0.3, 0.4) is 0 Å². The van der Waals surface area contributed by atoms with E-state index in [1.54, 1.807) is 13.2 Å². The van der Waals surface area contributed by atoms with Crippen LogP contribution in [-0.2, 0) is 0 Å². The highest BCUT2D eigenvalue weighted by Crippen LogP contribution is 2.32. The third-order valence-corrected chi connectivity index (χ3v) is 3.13. The summed E-state index contributed by atoms with van der Waals surface area (Å²) in [6, 6.07) is 10.9. The number of methoxy groups -OCH3 is 1. The number of rotatable bonds is 2. The zero-order chi connectivity index (χ0) is 14.1. The molecule has 1 aromatic carbocycles. The Hall–Kier alpha value is -2.69. The van der Waals surface area contributed by atoms with E-state index in [0.717, 1.165) is 27.9 Å². The SMILES string of the molecule is COc1ccc(-c2ccc(=O)[nH]n2)c2ccc(C)nc12. The number of aryl methyl sites for hydroxylation is 1. The van der Waals surface area contributed by atoms with Gasteiger partial charge in [-0.2, -0.15) is 5.10 Å². The molecule has 0 bridgehead atoms. The lowest BCUT2D eigenvalue weighted by Crippen LogP contribution is -2.05. The first-order valence-electron chi connectivity index (χ1n) is 6.19. The van der Waals surface area contributed by atoms with Crippen molar-refractivity contribution < 1.29 is 4.74 Å². The predicted molar refractivity (Wildman–Crippen MR) is 76.9 cm³/mol. The van der Waals surface area contributed by atoms with Gasteiger partial charge in [-0.25, -0.2) is 10.1 Å². The highest BCUT2D eigenvalue weighted by molar-refractivity contribution is 5.97. The number of nitrogens with zero attached hydrogens (tertiary/aromatic N) is 2. The van der Waals surface area contributed by atoms with Gasteiger partial charge in [-0.1, -0.05) is 6.07 Å². The number of nitrogens with one attached hydrogen (secondary N) is 1. The molecule has 0 unspecified atom stereocenters. The molecule has 0 radical (unpaired) electrons. The number of aromatic nitrogens is 3. The fraction of sp³-hybridized carbons (Fsp3) is 0.133. The van der Waals surface area contributed by atoms with E-state index in [9.17, 15) is 4.79 Å². The first-order chi connectivity index (χ1) is 9.69. The van der Waals surface area contributed by atoms with Crippen molar-refractivity contribution in [1.82, 2.24) is 15.2 Å². The molecule has 0 fully saturated rings. The number of pyridine rings is 1. The van der Waals surface area contributed by atoms with Gasteiger partial charge in [0.1, 0.15) is 11.3 Å². The maximum absolute atomic E-state index is 11.1. The highest BCUT2D eigenvalue weighted by atomic mass is 16.5. The minimum atomic E-state index is -0.222. The lowest BCUT2D eigenvalue weighted by atomic mass is 10.0. The van der Waals surface area contributed by atoms with E-state index in [-0.39, 0.29) is 5.56 Å². The third-order valence-electron chi connectivity index (χ3n) is 3.13. The van der Waals surface area contributed by atoms with Crippen molar-refractivity contribution >= 4 is 10.9 Å². The van der Waals surface area contributed by atoms with Crippen molar-refractivity contribution in [1.29, 1.82) is 0 Å². The zero-order valence-corrected chi connectivity index (χ0v) is 11.2. The Labute approximate surface area is 115 Å². The summed E-state index contributed by atoms with van der Waals surface area (Å²) >= 11 is 0. The second-order valence-corrected chi connectivity index (χ2v) is 4.47. The van der Waals surface area contributed by atoms with Crippen LogP contribution >= 0.6 is 0 Å². The quantitative estimate of drug-likeness (QED) is 0.773. The standard InChI is InChI=1S/C15H13N3O2/c1-9-3-4-11-10(12-6-8-14(19)18-17-12)5-7-13(20-2)15(11)16-9/h3-8H,1-2H3,(H,18,19). The fourth-order valence-electron chi connectivity index (χ4n) is 2.17. The van der Waals surface area contributed by atoms with E-state index in [4.69, 9.17) is 4.74 Å². The average Bonchev–Trinajstić information content (AvgIpc) is 2.47. The van der Waals surface area contributed by atoms with Gasteiger partial charge in [0.25, 0.3) is 5.56 Å². The molecule has 0 spiro atoms. The molecule has 100 valence electrons. The predicted octanol–water partition coefficient (Wildman–Crippen LogP) is 2.30. The molecule has 3 rings (SSSR count). The van der Waals surface area contributed by atoms with Gasteiger partial charge in [0.05, 0.1) is 12.8 Å². The number of hydrogen-bond acceptors (Lipinski definition) is 4. The van der Waals surface area contributed by atoms with Gasteiger partial charge in [-0.3, -0.25) is 4.79 Å². The second-order valence-electron chi connectivity index (χ2n) is 4.47. The van der Waals surface area contributed by atoms with Crippen LogP contribution in [0.25, 0.3) is 22.2 Å². The van der Waals surface area contributed by atoms with Crippen LogP contribution in [0.1, 0.15) is 5.69 Å². The first-order valence-corrected chi connectivity index (χ1v) is 6.19. The van der Waals surface area contributed by atoms with Gasteiger partial charge in [0.15, 0.2) is 0 Å². The Morgan fingerprint density at radius 3 is 2.65 bits per heavy atom. The summed E-state index contributed by atoms with van der Waals surface area (Å²) in [7, 11) is 1.62. The molecule has 5 heteroatoms. The molecule has 0 aliphatic carbocycles. The topological polar surface area (TPSA) is 67.9 Å². The lowest BCUT2D eigenvalue weighted by molar-refractivity contribution is 0.419. The van der Waals surface area contributed by atoms with Crippen molar-refractivity contribution in [3.05, 3.63) is 52.4 Å². The van der Waals surface area contributed by atoms with E-state index in [1.807, 2.05) is 31.2 Å². The van der Waals surface area contributed by atoms with Gasteiger partial charge < -0.3 is 4.74 Å². The zero-order valence-electron chi connectivity index (χ0n) is 11.2. The largest absolute Gasteiger partial charge is 0.494 e. The van der Waals surface area contributed by atoms with Crippen LogP contribution in [0.15, 0.2) is 41.2 Å². The van der Waals surface area contributed by atoms with Crippen molar-refractivity contribution in [3.63, 3.8) is 0 Å².